The molecule has 6 nitrogen and oxygen atoms in total. The van der Waals surface area contributed by atoms with E-state index in [0.29, 0.717) is 32.0 Å². The van der Waals surface area contributed by atoms with Crippen molar-refractivity contribution in [3.8, 4) is 0 Å². The highest BCUT2D eigenvalue weighted by atomic mass is 16.5. The first-order valence-electron chi connectivity index (χ1n) is 9.51. The molecular weight excluding hydrogens is 332 g/mol. The number of benzene rings is 1. The molecule has 1 aliphatic heterocycles. The van der Waals surface area contributed by atoms with Gasteiger partial charge in [-0.3, -0.25) is 4.79 Å². The lowest BCUT2D eigenvalue weighted by Crippen LogP contribution is -2.45. The van der Waals surface area contributed by atoms with Gasteiger partial charge in [-0.05, 0) is 37.7 Å². The minimum absolute atomic E-state index is 0.0191. The molecule has 0 bridgehead atoms. The standard InChI is InChI=1S/C20H28N2O4/c23-19(24)17-6-8-18(9-7-17)21-20(25)22-11-10-16(12-22)14-26-13-15-4-2-1-3-5-15/h1-5,16-18H,6-14H2,(H,21,25)(H,23,24). The smallest absolute Gasteiger partial charge is 0.317 e. The van der Waals surface area contributed by atoms with Crippen molar-refractivity contribution in [2.24, 2.45) is 11.8 Å². The summed E-state index contributed by atoms with van der Waals surface area (Å²) in [4.78, 5) is 25.3. The van der Waals surface area contributed by atoms with Crippen molar-refractivity contribution in [3.63, 3.8) is 0 Å². The van der Waals surface area contributed by atoms with Crippen LogP contribution in [0, 0.1) is 11.8 Å². The first kappa shape index (κ1) is 18.7. The topological polar surface area (TPSA) is 78.9 Å². The van der Waals surface area contributed by atoms with Crippen LogP contribution in [-0.4, -0.2) is 47.7 Å². The summed E-state index contributed by atoms with van der Waals surface area (Å²) in [6.07, 6.45) is 3.76. The number of nitrogens with one attached hydrogen (secondary N) is 1. The van der Waals surface area contributed by atoms with Gasteiger partial charge in [0.25, 0.3) is 0 Å². The van der Waals surface area contributed by atoms with Crippen LogP contribution in [0.2, 0.25) is 0 Å². The molecule has 2 aliphatic rings. The maximum atomic E-state index is 12.4. The molecule has 6 heteroatoms. The molecule has 1 saturated heterocycles. The Bertz CT molecular complexity index is 599. The quantitative estimate of drug-likeness (QED) is 0.818. The summed E-state index contributed by atoms with van der Waals surface area (Å²) in [6, 6.07) is 10.2. The molecule has 1 unspecified atom stereocenters. The Morgan fingerprint density at radius 1 is 1.12 bits per heavy atom. The highest BCUT2D eigenvalue weighted by Crippen LogP contribution is 2.25. The van der Waals surface area contributed by atoms with Gasteiger partial charge in [0.1, 0.15) is 0 Å². The fourth-order valence-electron chi connectivity index (χ4n) is 3.82. The fourth-order valence-corrected chi connectivity index (χ4v) is 3.82. The van der Waals surface area contributed by atoms with Crippen molar-refractivity contribution < 1.29 is 19.4 Å². The van der Waals surface area contributed by atoms with Gasteiger partial charge >= 0.3 is 12.0 Å². The third kappa shape index (κ3) is 5.21. The Morgan fingerprint density at radius 2 is 1.85 bits per heavy atom. The van der Waals surface area contributed by atoms with E-state index in [2.05, 4.69) is 5.32 Å². The maximum Gasteiger partial charge on any atom is 0.317 e. The van der Waals surface area contributed by atoms with Crippen LogP contribution in [-0.2, 0) is 16.1 Å². The van der Waals surface area contributed by atoms with Gasteiger partial charge in [-0.25, -0.2) is 4.79 Å². The van der Waals surface area contributed by atoms with Crippen molar-refractivity contribution in [2.75, 3.05) is 19.7 Å². The summed E-state index contributed by atoms with van der Waals surface area (Å²) in [7, 11) is 0. The zero-order valence-corrected chi connectivity index (χ0v) is 15.1. The van der Waals surface area contributed by atoms with Crippen molar-refractivity contribution in [3.05, 3.63) is 35.9 Å². The zero-order chi connectivity index (χ0) is 18.4. The minimum Gasteiger partial charge on any atom is -0.481 e. The number of carboxylic acid groups (broad SMARTS) is 1. The van der Waals surface area contributed by atoms with E-state index < -0.39 is 5.97 Å². The van der Waals surface area contributed by atoms with Crippen LogP contribution in [0.1, 0.15) is 37.7 Å². The van der Waals surface area contributed by atoms with E-state index in [1.807, 2.05) is 35.2 Å². The number of amides is 2. The second kappa shape index (κ2) is 9.03. The number of aliphatic carboxylic acids is 1. The van der Waals surface area contributed by atoms with Gasteiger partial charge in [-0.15, -0.1) is 0 Å². The van der Waals surface area contributed by atoms with Gasteiger partial charge in [-0.2, -0.15) is 0 Å². The van der Waals surface area contributed by atoms with E-state index in [0.717, 1.165) is 37.9 Å². The predicted molar refractivity (Wildman–Crippen MR) is 97.7 cm³/mol. The number of ether oxygens (including phenoxy) is 1. The largest absolute Gasteiger partial charge is 0.481 e. The summed E-state index contributed by atoms with van der Waals surface area (Å²) in [5.41, 5.74) is 1.16. The zero-order valence-electron chi connectivity index (χ0n) is 15.1. The van der Waals surface area contributed by atoms with Crippen molar-refractivity contribution in [1.82, 2.24) is 10.2 Å². The molecule has 1 saturated carbocycles. The van der Waals surface area contributed by atoms with E-state index in [1.165, 1.54) is 0 Å². The fraction of sp³-hybridized carbons (Fsp3) is 0.600. The van der Waals surface area contributed by atoms with Gasteiger partial charge in [-0.1, -0.05) is 30.3 Å². The molecular formula is C20H28N2O4. The lowest BCUT2D eigenvalue weighted by Gasteiger charge is -2.28. The van der Waals surface area contributed by atoms with Crippen LogP contribution < -0.4 is 5.32 Å². The Kier molecular flexibility index (Phi) is 6.50. The molecule has 0 radical (unpaired) electrons. The molecule has 1 aromatic rings. The number of hydrogen-bond acceptors (Lipinski definition) is 3. The Balaban J connectivity index is 1.34. The third-order valence-electron chi connectivity index (χ3n) is 5.44. The first-order valence-corrected chi connectivity index (χ1v) is 9.51. The number of carboxylic acids is 1. The van der Waals surface area contributed by atoms with E-state index in [-0.39, 0.29) is 18.0 Å². The molecule has 2 N–H and O–H groups in total. The molecule has 2 fully saturated rings. The van der Waals surface area contributed by atoms with Crippen molar-refractivity contribution >= 4 is 12.0 Å². The van der Waals surface area contributed by atoms with Crippen LogP contribution in [0.5, 0.6) is 0 Å². The second-order valence-corrected chi connectivity index (χ2v) is 7.44. The Morgan fingerprint density at radius 3 is 2.54 bits per heavy atom. The average Bonchev–Trinajstić information content (AvgIpc) is 3.12. The number of carbonyl (C=O) groups excluding carboxylic acids is 1. The number of rotatable bonds is 6. The molecule has 1 aliphatic carbocycles. The summed E-state index contributed by atoms with van der Waals surface area (Å²) >= 11 is 0. The SMILES string of the molecule is O=C(O)C1CCC(NC(=O)N2CCC(COCc3ccccc3)C2)CC1. The van der Waals surface area contributed by atoms with Crippen molar-refractivity contribution in [1.29, 1.82) is 0 Å². The molecule has 2 amide bonds. The maximum absolute atomic E-state index is 12.4. The number of urea groups is 1. The minimum atomic E-state index is -0.715. The summed E-state index contributed by atoms with van der Waals surface area (Å²) < 4.78 is 5.80. The van der Waals surface area contributed by atoms with E-state index >= 15 is 0 Å². The van der Waals surface area contributed by atoms with Gasteiger partial charge < -0.3 is 20.1 Å². The summed E-state index contributed by atoms with van der Waals surface area (Å²) in [5.74, 6) is -0.582. The number of nitrogens with zero attached hydrogens (tertiary/aromatic N) is 1. The van der Waals surface area contributed by atoms with Gasteiger partial charge in [0.15, 0.2) is 0 Å². The Hall–Kier alpha value is -2.08. The summed E-state index contributed by atoms with van der Waals surface area (Å²) in [6.45, 7) is 2.76. The normalized spacial score (nSPS) is 25.8. The molecule has 142 valence electrons. The number of carbonyl (C=O) groups is 2. The van der Waals surface area contributed by atoms with E-state index in [1.54, 1.807) is 0 Å². The molecule has 3 rings (SSSR count). The summed E-state index contributed by atoms with van der Waals surface area (Å²) in [5, 5.41) is 12.1. The third-order valence-corrected chi connectivity index (χ3v) is 5.44. The number of hydrogen-bond donors (Lipinski definition) is 2. The predicted octanol–water partition coefficient (Wildman–Crippen LogP) is 2.88. The molecule has 0 aromatic heterocycles. The van der Waals surface area contributed by atoms with Crippen LogP contribution in [0.25, 0.3) is 0 Å². The van der Waals surface area contributed by atoms with Gasteiger partial charge in [0.2, 0.25) is 0 Å². The van der Waals surface area contributed by atoms with E-state index in [9.17, 15) is 9.59 Å². The van der Waals surface area contributed by atoms with E-state index in [4.69, 9.17) is 9.84 Å². The lowest BCUT2D eigenvalue weighted by atomic mass is 9.86. The van der Waals surface area contributed by atoms with Crippen LogP contribution >= 0.6 is 0 Å². The first-order chi connectivity index (χ1) is 12.6. The molecule has 26 heavy (non-hydrogen) atoms. The average molecular weight is 360 g/mol. The second-order valence-electron chi connectivity index (χ2n) is 7.44. The van der Waals surface area contributed by atoms with Gasteiger partial charge in [0, 0.05) is 25.0 Å². The molecule has 1 heterocycles. The van der Waals surface area contributed by atoms with Crippen LogP contribution in [0.4, 0.5) is 4.79 Å². The van der Waals surface area contributed by atoms with Gasteiger partial charge in [0.05, 0.1) is 19.1 Å². The van der Waals surface area contributed by atoms with Crippen molar-refractivity contribution in [2.45, 2.75) is 44.8 Å². The highest BCUT2D eigenvalue weighted by molar-refractivity contribution is 5.75. The lowest BCUT2D eigenvalue weighted by molar-refractivity contribution is -0.142. The van der Waals surface area contributed by atoms with Crippen LogP contribution in [0.15, 0.2) is 30.3 Å². The van der Waals surface area contributed by atoms with Crippen LogP contribution in [0.3, 0.4) is 0 Å². The molecule has 1 aromatic carbocycles. The highest BCUT2D eigenvalue weighted by Gasteiger charge is 2.30. The molecule has 1 atom stereocenters. The Labute approximate surface area is 154 Å². The molecule has 0 spiro atoms. The number of likely N-dealkylation sites (tertiary alicyclic amines) is 1. The monoisotopic (exact) mass is 360 g/mol.